The quantitative estimate of drug-likeness (QED) is 0.845. The van der Waals surface area contributed by atoms with Gasteiger partial charge in [0.15, 0.2) is 0 Å². The molecule has 1 saturated heterocycles. The van der Waals surface area contributed by atoms with Crippen LogP contribution in [0.15, 0.2) is 30.3 Å². The van der Waals surface area contributed by atoms with Gasteiger partial charge in [-0.3, -0.25) is 4.79 Å². The first-order valence-corrected chi connectivity index (χ1v) is 8.22. The molecule has 3 nitrogen and oxygen atoms in total. The summed E-state index contributed by atoms with van der Waals surface area (Å²) in [5.74, 6) is 0.234. The standard InChI is InChI=1S/C18H28N2O/c1-3-18(12-7-13-19-14-18)17(21)20-15(2)10-11-16-8-5-4-6-9-16/h4-6,8-9,15,19H,3,7,10-14H2,1-2H3,(H,20,21). The lowest BCUT2D eigenvalue weighted by Gasteiger charge is -2.36. The molecule has 1 aromatic carbocycles. The predicted molar refractivity (Wildman–Crippen MR) is 87.2 cm³/mol. The number of carbonyl (C=O) groups excluding carboxylic acids is 1. The molecule has 2 atom stereocenters. The van der Waals surface area contributed by atoms with Crippen molar-refractivity contribution in [3.63, 3.8) is 0 Å². The summed E-state index contributed by atoms with van der Waals surface area (Å²) in [7, 11) is 0. The van der Waals surface area contributed by atoms with Crippen LogP contribution >= 0.6 is 0 Å². The van der Waals surface area contributed by atoms with E-state index in [1.54, 1.807) is 0 Å². The summed E-state index contributed by atoms with van der Waals surface area (Å²) in [5.41, 5.74) is 1.14. The van der Waals surface area contributed by atoms with E-state index in [0.29, 0.717) is 0 Å². The molecule has 0 spiro atoms. The fourth-order valence-corrected chi connectivity index (χ4v) is 3.10. The molecule has 1 aliphatic heterocycles. The predicted octanol–water partition coefficient (Wildman–Crippen LogP) is 2.90. The molecule has 1 aliphatic rings. The van der Waals surface area contributed by atoms with Gasteiger partial charge in [-0.25, -0.2) is 0 Å². The summed E-state index contributed by atoms with van der Waals surface area (Å²) in [5, 5.41) is 6.61. The summed E-state index contributed by atoms with van der Waals surface area (Å²) in [6, 6.07) is 10.7. The molecule has 2 unspecified atom stereocenters. The Morgan fingerprint density at radius 2 is 2.14 bits per heavy atom. The van der Waals surface area contributed by atoms with Gasteiger partial charge in [-0.05, 0) is 51.1 Å². The number of rotatable bonds is 6. The number of piperidine rings is 1. The van der Waals surface area contributed by atoms with E-state index in [0.717, 1.165) is 45.2 Å². The number of amides is 1. The van der Waals surface area contributed by atoms with E-state index in [1.165, 1.54) is 5.56 Å². The van der Waals surface area contributed by atoms with Crippen LogP contribution in [0.5, 0.6) is 0 Å². The molecule has 1 fully saturated rings. The molecule has 1 aromatic rings. The lowest BCUT2D eigenvalue weighted by atomic mass is 9.77. The molecule has 0 saturated carbocycles. The summed E-state index contributed by atoms with van der Waals surface area (Å²) < 4.78 is 0. The van der Waals surface area contributed by atoms with E-state index in [2.05, 4.69) is 48.7 Å². The Labute approximate surface area is 128 Å². The van der Waals surface area contributed by atoms with Crippen molar-refractivity contribution in [3.8, 4) is 0 Å². The third-order valence-electron chi connectivity index (χ3n) is 4.72. The normalized spacial score (nSPS) is 23.5. The molecule has 1 amide bonds. The van der Waals surface area contributed by atoms with Crippen LogP contribution in [0.3, 0.4) is 0 Å². The minimum absolute atomic E-state index is 0.195. The molecule has 2 rings (SSSR count). The number of carbonyl (C=O) groups is 1. The number of hydrogen-bond acceptors (Lipinski definition) is 2. The molecule has 21 heavy (non-hydrogen) atoms. The summed E-state index contributed by atoms with van der Waals surface area (Å²) in [4.78, 5) is 12.6. The smallest absolute Gasteiger partial charge is 0.227 e. The monoisotopic (exact) mass is 288 g/mol. The van der Waals surface area contributed by atoms with E-state index >= 15 is 0 Å². The van der Waals surface area contributed by atoms with Crippen LogP contribution in [-0.4, -0.2) is 25.0 Å². The van der Waals surface area contributed by atoms with Gasteiger partial charge in [0, 0.05) is 12.6 Å². The van der Waals surface area contributed by atoms with Crippen molar-refractivity contribution in [1.82, 2.24) is 10.6 Å². The third kappa shape index (κ3) is 4.31. The van der Waals surface area contributed by atoms with Crippen LogP contribution in [-0.2, 0) is 11.2 Å². The largest absolute Gasteiger partial charge is 0.353 e. The van der Waals surface area contributed by atoms with Gasteiger partial charge in [0.05, 0.1) is 5.41 Å². The van der Waals surface area contributed by atoms with Crippen molar-refractivity contribution in [2.75, 3.05) is 13.1 Å². The van der Waals surface area contributed by atoms with Gasteiger partial charge in [0.2, 0.25) is 5.91 Å². The lowest BCUT2D eigenvalue weighted by Crippen LogP contribution is -2.52. The Morgan fingerprint density at radius 3 is 2.76 bits per heavy atom. The molecular formula is C18H28N2O. The first-order valence-electron chi connectivity index (χ1n) is 8.22. The third-order valence-corrected chi connectivity index (χ3v) is 4.72. The van der Waals surface area contributed by atoms with Gasteiger partial charge in [-0.15, -0.1) is 0 Å². The molecule has 116 valence electrons. The van der Waals surface area contributed by atoms with E-state index < -0.39 is 0 Å². The van der Waals surface area contributed by atoms with Crippen LogP contribution < -0.4 is 10.6 Å². The van der Waals surface area contributed by atoms with Gasteiger partial charge in [0.25, 0.3) is 0 Å². The van der Waals surface area contributed by atoms with Crippen LogP contribution in [0.25, 0.3) is 0 Å². The average Bonchev–Trinajstić information content (AvgIpc) is 2.54. The van der Waals surface area contributed by atoms with Crippen molar-refractivity contribution in [2.24, 2.45) is 5.41 Å². The Kier molecular flexibility index (Phi) is 5.80. The molecule has 1 heterocycles. The van der Waals surface area contributed by atoms with Gasteiger partial charge in [0.1, 0.15) is 0 Å². The fourth-order valence-electron chi connectivity index (χ4n) is 3.10. The van der Waals surface area contributed by atoms with E-state index in [9.17, 15) is 4.79 Å². The molecule has 0 aromatic heterocycles. The van der Waals surface area contributed by atoms with Crippen LogP contribution in [0.1, 0.15) is 45.1 Å². The van der Waals surface area contributed by atoms with Gasteiger partial charge < -0.3 is 10.6 Å². The summed E-state index contributed by atoms with van der Waals surface area (Å²) in [6.45, 7) is 6.10. The Bertz CT molecular complexity index is 438. The summed E-state index contributed by atoms with van der Waals surface area (Å²) in [6.07, 6.45) is 5.02. The topological polar surface area (TPSA) is 41.1 Å². The van der Waals surface area contributed by atoms with Crippen molar-refractivity contribution < 1.29 is 4.79 Å². The zero-order valence-electron chi connectivity index (χ0n) is 13.3. The number of benzene rings is 1. The van der Waals surface area contributed by atoms with Crippen LogP contribution in [0, 0.1) is 5.41 Å². The van der Waals surface area contributed by atoms with Gasteiger partial charge >= 0.3 is 0 Å². The fraction of sp³-hybridized carbons (Fsp3) is 0.611. The molecule has 0 radical (unpaired) electrons. The maximum absolute atomic E-state index is 12.6. The van der Waals surface area contributed by atoms with Crippen molar-refractivity contribution in [1.29, 1.82) is 0 Å². The van der Waals surface area contributed by atoms with Crippen molar-refractivity contribution in [2.45, 2.75) is 52.0 Å². The first kappa shape index (κ1) is 16.0. The number of hydrogen-bond donors (Lipinski definition) is 2. The number of aryl methyl sites for hydroxylation is 1. The van der Waals surface area contributed by atoms with Gasteiger partial charge in [-0.1, -0.05) is 37.3 Å². The molecule has 0 aliphatic carbocycles. The Hall–Kier alpha value is -1.35. The second kappa shape index (κ2) is 7.60. The van der Waals surface area contributed by atoms with Crippen molar-refractivity contribution in [3.05, 3.63) is 35.9 Å². The highest BCUT2D eigenvalue weighted by atomic mass is 16.2. The average molecular weight is 288 g/mol. The van der Waals surface area contributed by atoms with E-state index in [1.807, 2.05) is 6.07 Å². The first-order chi connectivity index (χ1) is 10.2. The molecular weight excluding hydrogens is 260 g/mol. The molecule has 2 N–H and O–H groups in total. The maximum atomic E-state index is 12.6. The molecule has 3 heteroatoms. The van der Waals surface area contributed by atoms with Crippen LogP contribution in [0.2, 0.25) is 0 Å². The van der Waals surface area contributed by atoms with Crippen molar-refractivity contribution >= 4 is 5.91 Å². The van der Waals surface area contributed by atoms with Crippen LogP contribution in [0.4, 0.5) is 0 Å². The summed E-state index contributed by atoms with van der Waals surface area (Å²) >= 11 is 0. The maximum Gasteiger partial charge on any atom is 0.227 e. The minimum Gasteiger partial charge on any atom is -0.353 e. The minimum atomic E-state index is -0.195. The highest BCUT2D eigenvalue weighted by Gasteiger charge is 2.38. The number of nitrogens with one attached hydrogen (secondary N) is 2. The Morgan fingerprint density at radius 1 is 1.38 bits per heavy atom. The second-order valence-electron chi connectivity index (χ2n) is 6.31. The SMILES string of the molecule is CCC1(C(=O)NC(C)CCc2ccccc2)CCCNC1. The molecule has 0 bridgehead atoms. The highest BCUT2D eigenvalue weighted by Crippen LogP contribution is 2.30. The zero-order valence-corrected chi connectivity index (χ0v) is 13.3. The van der Waals surface area contributed by atoms with Gasteiger partial charge in [-0.2, -0.15) is 0 Å². The second-order valence-corrected chi connectivity index (χ2v) is 6.31. The van der Waals surface area contributed by atoms with E-state index in [4.69, 9.17) is 0 Å². The Balaban J connectivity index is 1.83. The zero-order chi connectivity index (χ0) is 15.1. The lowest BCUT2D eigenvalue weighted by molar-refractivity contribution is -0.133. The van der Waals surface area contributed by atoms with E-state index in [-0.39, 0.29) is 17.4 Å². The highest BCUT2D eigenvalue weighted by molar-refractivity contribution is 5.83.